The number of carbonyl (C=O) groups excluding carboxylic acids is 2. The highest BCUT2D eigenvalue weighted by Crippen LogP contribution is 2.28. The molecular formula is C17H17NO7. The number of aromatic nitrogens is 1. The Bertz CT molecular complexity index is 830. The van der Waals surface area contributed by atoms with Gasteiger partial charge >= 0.3 is 11.9 Å². The van der Waals surface area contributed by atoms with Crippen LogP contribution in [-0.2, 0) is 9.47 Å². The molecule has 0 N–H and O–H groups in total. The highest BCUT2D eigenvalue weighted by molar-refractivity contribution is 5.94. The Balaban J connectivity index is 2.76. The molecule has 2 rings (SSSR count). The van der Waals surface area contributed by atoms with Crippen LogP contribution in [0.25, 0.3) is 5.69 Å². The van der Waals surface area contributed by atoms with Crippen LogP contribution in [0.5, 0.6) is 11.5 Å². The number of carbonyl (C=O) groups is 2. The molecule has 0 aliphatic carbocycles. The fourth-order valence-electron chi connectivity index (χ4n) is 2.23. The Labute approximate surface area is 143 Å². The highest BCUT2D eigenvalue weighted by atomic mass is 16.5. The molecule has 8 heteroatoms. The van der Waals surface area contributed by atoms with Crippen molar-refractivity contribution in [1.29, 1.82) is 0 Å². The van der Waals surface area contributed by atoms with E-state index in [-0.39, 0.29) is 11.1 Å². The third-order valence-corrected chi connectivity index (χ3v) is 3.50. The molecule has 0 unspecified atom stereocenters. The lowest BCUT2D eigenvalue weighted by atomic mass is 10.1. The third-order valence-electron chi connectivity index (χ3n) is 3.50. The number of rotatable bonds is 5. The normalized spacial score (nSPS) is 10.1. The lowest BCUT2D eigenvalue weighted by Gasteiger charge is -2.15. The largest absolute Gasteiger partial charge is 0.497 e. The highest BCUT2D eigenvalue weighted by Gasteiger charge is 2.21. The van der Waals surface area contributed by atoms with Crippen LogP contribution in [0.15, 0.2) is 35.4 Å². The van der Waals surface area contributed by atoms with Gasteiger partial charge < -0.3 is 23.5 Å². The van der Waals surface area contributed by atoms with E-state index in [4.69, 9.17) is 9.47 Å². The molecule has 1 heterocycles. The van der Waals surface area contributed by atoms with Crippen molar-refractivity contribution in [3.63, 3.8) is 0 Å². The summed E-state index contributed by atoms with van der Waals surface area (Å²) in [6, 6.07) is 4.96. The van der Waals surface area contributed by atoms with Crippen molar-refractivity contribution in [1.82, 2.24) is 4.57 Å². The number of methoxy groups -OCH3 is 4. The first kappa shape index (κ1) is 18.1. The van der Waals surface area contributed by atoms with E-state index in [1.54, 1.807) is 18.2 Å². The summed E-state index contributed by atoms with van der Waals surface area (Å²) >= 11 is 0. The van der Waals surface area contributed by atoms with Gasteiger partial charge in [-0.2, -0.15) is 0 Å². The quantitative estimate of drug-likeness (QED) is 0.755. The third kappa shape index (κ3) is 3.47. The van der Waals surface area contributed by atoms with Crippen LogP contribution in [0.4, 0.5) is 0 Å². The Hall–Kier alpha value is -3.29. The molecule has 25 heavy (non-hydrogen) atoms. The van der Waals surface area contributed by atoms with Crippen molar-refractivity contribution in [2.24, 2.45) is 0 Å². The van der Waals surface area contributed by atoms with Crippen molar-refractivity contribution in [3.05, 3.63) is 51.9 Å². The van der Waals surface area contributed by atoms with E-state index in [2.05, 4.69) is 9.47 Å². The van der Waals surface area contributed by atoms with E-state index in [1.165, 1.54) is 31.2 Å². The summed E-state index contributed by atoms with van der Waals surface area (Å²) in [5.41, 5.74) is -0.896. The second kappa shape index (κ2) is 7.52. The zero-order valence-corrected chi connectivity index (χ0v) is 14.2. The van der Waals surface area contributed by atoms with Gasteiger partial charge in [0, 0.05) is 18.5 Å². The molecular weight excluding hydrogens is 330 g/mol. The average molecular weight is 347 g/mol. The second-order valence-electron chi connectivity index (χ2n) is 4.84. The zero-order valence-electron chi connectivity index (χ0n) is 14.2. The zero-order chi connectivity index (χ0) is 18.6. The SMILES string of the molecule is COC(=O)c1cn(-c2ccc(OC)cc2OC)cc(C(=O)OC)c1=O. The number of hydrogen-bond acceptors (Lipinski definition) is 7. The number of nitrogens with zero attached hydrogens (tertiary/aromatic N) is 1. The minimum atomic E-state index is -0.864. The number of hydrogen-bond donors (Lipinski definition) is 0. The van der Waals surface area contributed by atoms with Gasteiger partial charge in [-0.15, -0.1) is 0 Å². The molecule has 0 aliphatic heterocycles. The van der Waals surface area contributed by atoms with E-state index < -0.39 is 17.4 Å². The molecule has 0 amide bonds. The van der Waals surface area contributed by atoms with Crippen LogP contribution >= 0.6 is 0 Å². The lowest BCUT2D eigenvalue weighted by molar-refractivity contribution is 0.0594. The van der Waals surface area contributed by atoms with Crippen molar-refractivity contribution in [3.8, 4) is 17.2 Å². The number of ether oxygens (including phenoxy) is 4. The molecule has 1 aromatic heterocycles. The van der Waals surface area contributed by atoms with Crippen LogP contribution in [0.1, 0.15) is 20.7 Å². The summed E-state index contributed by atoms with van der Waals surface area (Å²) < 4.78 is 21.1. The van der Waals surface area contributed by atoms with Crippen molar-refractivity contribution < 1.29 is 28.5 Å². The second-order valence-corrected chi connectivity index (χ2v) is 4.84. The van der Waals surface area contributed by atoms with E-state index in [0.717, 1.165) is 14.2 Å². The van der Waals surface area contributed by atoms with Crippen molar-refractivity contribution in [2.45, 2.75) is 0 Å². The maximum Gasteiger partial charge on any atom is 0.343 e. The van der Waals surface area contributed by atoms with E-state index in [1.807, 2.05) is 0 Å². The lowest BCUT2D eigenvalue weighted by Crippen LogP contribution is -2.25. The van der Waals surface area contributed by atoms with Crippen LogP contribution < -0.4 is 14.9 Å². The monoisotopic (exact) mass is 347 g/mol. The minimum Gasteiger partial charge on any atom is -0.497 e. The summed E-state index contributed by atoms with van der Waals surface area (Å²) in [5, 5.41) is 0. The predicted octanol–water partition coefficient (Wildman–Crippen LogP) is 1.43. The fraction of sp³-hybridized carbons (Fsp3) is 0.235. The molecule has 132 valence electrons. The van der Waals surface area contributed by atoms with E-state index in [0.29, 0.717) is 17.2 Å². The number of esters is 2. The van der Waals surface area contributed by atoms with Gasteiger partial charge in [-0.05, 0) is 12.1 Å². The van der Waals surface area contributed by atoms with Gasteiger partial charge in [0.25, 0.3) is 0 Å². The molecule has 0 fully saturated rings. The van der Waals surface area contributed by atoms with Gasteiger partial charge in [0.2, 0.25) is 5.43 Å². The number of pyridine rings is 1. The van der Waals surface area contributed by atoms with Crippen LogP contribution in [0.2, 0.25) is 0 Å². The van der Waals surface area contributed by atoms with Gasteiger partial charge in [0.1, 0.15) is 22.6 Å². The summed E-state index contributed by atoms with van der Waals surface area (Å²) in [6.07, 6.45) is 2.54. The van der Waals surface area contributed by atoms with Crippen LogP contribution in [-0.4, -0.2) is 44.9 Å². The van der Waals surface area contributed by atoms with Crippen LogP contribution in [0, 0.1) is 0 Å². The topological polar surface area (TPSA) is 93.1 Å². The minimum absolute atomic E-state index is 0.303. The van der Waals surface area contributed by atoms with Gasteiger partial charge in [-0.25, -0.2) is 9.59 Å². The standard InChI is InChI=1S/C17H17NO7/c1-22-10-5-6-13(14(7-10)23-2)18-8-11(16(20)24-3)15(19)12(9-18)17(21)25-4/h5-9H,1-4H3. The maximum absolute atomic E-state index is 12.3. The molecule has 0 atom stereocenters. The molecule has 0 spiro atoms. The molecule has 1 aromatic carbocycles. The van der Waals surface area contributed by atoms with Crippen LogP contribution in [0.3, 0.4) is 0 Å². The first-order valence-corrected chi connectivity index (χ1v) is 7.12. The molecule has 8 nitrogen and oxygen atoms in total. The van der Waals surface area contributed by atoms with Crippen molar-refractivity contribution in [2.75, 3.05) is 28.4 Å². The number of benzene rings is 1. The molecule has 0 aliphatic rings. The molecule has 0 bridgehead atoms. The maximum atomic E-state index is 12.3. The molecule has 0 saturated carbocycles. The Morgan fingerprint density at radius 2 is 1.44 bits per heavy atom. The van der Waals surface area contributed by atoms with E-state index >= 15 is 0 Å². The van der Waals surface area contributed by atoms with Crippen molar-refractivity contribution >= 4 is 11.9 Å². The Kier molecular flexibility index (Phi) is 5.43. The van der Waals surface area contributed by atoms with E-state index in [9.17, 15) is 14.4 Å². The smallest absolute Gasteiger partial charge is 0.343 e. The Morgan fingerprint density at radius 1 is 0.880 bits per heavy atom. The first-order valence-electron chi connectivity index (χ1n) is 7.12. The first-order chi connectivity index (χ1) is 12.0. The van der Waals surface area contributed by atoms with Gasteiger partial charge in [-0.3, -0.25) is 4.79 Å². The molecule has 0 saturated heterocycles. The fourth-order valence-corrected chi connectivity index (χ4v) is 2.23. The Morgan fingerprint density at radius 3 is 1.88 bits per heavy atom. The summed E-state index contributed by atoms with van der Waals surface area (Å²) in [5.74, 6) is -0.758. The predicted molar refractivity (Wildman–Crippen MR) is 87.8 cm³/mol. The van der Waals surface area contributed by atoms with Gasteiger partial charge in [-0.1, -0.05) is 0 Å². The summed E-state index contributed by atoms with van der Waals surface area (Å²) in [6.45, 7) is 0. The summed E-state index contributed by atoms with van der Waals surface area (Å²) in [7, 11) is 5.26. The molecule has 0 radical (unpaired) electrons. The summed E-state index contributed by atoms with van der Waals surface area (Å²) in [4.78, 5) is 36.1. The average Bonchev–Trinajstić information content (AvgIpc) is 2.66. The van der Waals surface area contributed by atoms with Gasteiger partial charge in [0.15, 0.2) is 0 Å². The van der Waals surface area contributed by atoms with Gasteiger partial charge in [0.05, 0.1) is 34.1 Å². The molecule has 2 aromatic rings.